The second-order valence-electron chi connectivity index (χ2n) is 9.52. The summed E-state index contributed by atoms with van der Waals surface area (Å²) in [6, 6.07) is 11.0. The van der Waals surface area contributed by atoms with E-state index in [1.165, 1.54) is 6.07 Å². The Morgan fingerprint density at radius 1 is 1.20 bits per heavy atom. The summed E-state index contributed by atoms with van der Waals surface area (Å²) in [5.41, 5.74) is 3.26. The van der Waals surface area contributed by atoms with Gasteiger partial charge in [-0.05, 0) is 99.0 Å². The molecule has 4 nitrogen and oxygen atoms in total. The summed E-state index contributed by atoms with van der Waals surface area (Å²) >= 11 is 6.52. The smallest absolute Gasteiger partial charge is 0.127 e. The zero-order valence-corrected chi connectivity index (χ0v) is 21.2. The molecular formula is C29H32ClFN2O2. The van der Waals surface area contributed by atoms with Crippen molar-refractivity contribution in [3.63, 3.8) is 0 Å². The van der Waals surface area contributed by atoms with E-state index in [1.54, 1.807) is 26.3 Å². The maximum atomic E-state index is 13.7. The Balaban J connectivity index is 1.33. The molecule has 1 fully saturated rings. The standard InChI is InChI=1S/C29H32ClFN2O2/c1-21-7-8-22(17-27(21)31)5-4-14-33-15-12-29(20-34,13-16-33)11-3-6-24-25-18-23(35-2)9-10-28(25)32-19-26(24)30/h7-10,17-19,34H,3,6,11-16,20H2,1-2H3. The van der Waals surface area contributed by atoms with Crippen LogP contribution in [0.25, 0.3) is 10.9 Å². The number of rotatable bonds is 7. The van der Waals surface area contributed by atoms with Crippen molar-refractivity contribution in [1.82, 2.24) is 9.88 Å². The normalized spacial score (nSPS) is 15.6. The van der Waals surface area contributed by atoms with Crippen LogP contribution in [0.1, 0.15) is 42.4 Å². The average molecular weight is 495 g/mol. The summed E-state index contributed by atoms with van der Waals surface area (Å²) in [6.07, 6.45) is 6.30. The van der Waals surface area contributed by atoms with E-state index in [4.69, 9.17) is 16.3 Å². The number of halogens is 2. The molecular weight excluding hydrogens is 463 g/mol. The van der Waals surface area contributed by atoms with Gasteiger partial charge >= 0.3 is 0 Å². The fourth-order valence-electron chi connectivity index (χ4n) is 4.82. The van der Waals surface area contributed by atoms with Crippen molar-refractivity contribution in [2.24, 2.45) is 5.41 Å². The Morgan fingerprint density at radius 2 is 2.00 bits per heavy atom. The molecule has 0 bridgehead atoms. The van der Waals surface area contributed by atoms with Crippen molar-refractivity contribution in [3.8, 4) is 17.6 Å². The first-order chi connectivity index (χ1) is 16.9. The highest BCUT2D eigenvalue weighted by atomic mass is 35.5. The second kappa shape index (κ2) is 11.4. The quantitative estimate of drug-likeness (QED) is 0.422. The molecule has 1 aromatic heterocycles. The van der Waals surface area contributed by atoms with E-state index in [0.29, 0.717) is 22.7 Å². The first-order valence-electron chi connectivity index (χ1n) is 12.1. The van der Waals surface area contributed by atoms with Crippen LogP contribution in [-0.2, 0) is 6.42 Å². The van der Waals surface area contributed by atoms with E-state index in [9.17, 15) is 9.50 Å². The lowest BCUT2D eigenvalue weighted by Gasteiger charge is -2.40. The number of likely N-dealkylation sites (tertiary alicyclic amines) is 1. The number of aromatic nitrogens is 1. The lowest BCUT2D eigenvalue weighted by molar-refractivity contribution is 0.0401. The van der Waals surface area contributed by atoms with Gasteiger partial charge in [-0.1, -0.05) is 29.5 Å². The highest BCUT2D eigenvalue weighted by Crippen LogP contribution is 2.37. The largest absolute Gasteiger partial charge is 0.497 e. The third kappa shape index (κ3) is 6.13. The third-order valence-corrected chi connectivity index (χ3v) is 7.55. The fraction of sp³-hybridized carbons (Fsp3) is 0.414. The number of piperidine rings is 1. The van der Waals surface area contributed by atoms with E-state index < -0.39 is 0 Å². The zero-order valence-electron chi connectivity index (χ0n) is 20.4. The van der Waals surface area contributed by atoms with Gasteiger partial charge in [-0.3, -0.25) is 9.88 Å². The zero-order chi connectivity index (χ0) is 24.8. The van der Waals surface area contributed by atoms with E-state index in [0.717, 1.165) is 67.4 Å². The Hall–Kier alpha value is -2.65. The number of aliphatic hydroxyl groups excluding tert-OH is 1. The van der Waals surface area contributed by atoms with Gasteiger partial charge in [0.05, 0.1) is 24.2 Å². The van der Waals surface area contributed by atoms with Crippen molar-refractivity contribution in [2.75, 3.05) is 33.4 Å². The highest BCUT2D eigenvalue weighted by Gasteiger charge is 2.33. The number of fused-ring (bicyclic) bond motifs is 1. The molecule has 0 radical (unpaired) electrons. The van der Waals surface area contributed by atoms with E-state index in [2.05, 4.69) is 21.7 Å². The highest BCUT2D eigenvalue weighted by molar-refractivity contribution is 6.32. The van der Waals surface area contributed by atoms with Crippen LogP contribution in [0.5, 0.6) is 5.75 Å². The van der Waals surface area contributed by atoms with Crippen molar-refractivity contribution >= 4 is 22.5 Å². The Kier molecular flexibility index (Phi) is 8.28. The minimum atomic E-state index is -0.220. The minimum absolute atomic E-state index is 0.0724. The van der Waals surface area contributed by atoms with Gasteiger partial charge < -0.3 is 9.84 Å². The molecule has 6 heteroatoms. The first-order valence-corrected chi connectivity index (χ1v) is 12.5. The van der Waals surface area contributed by atoms with Crippen LogP contribution in [0.3, 0.4) is 0 Å². The molecule has 0 atom stereocenters. The van der Waals surface area contributed by atoms with Crippen LogP contribution in [-0.4, -0.2) is 48.3 Å². The molecule has 0 aliphatic carbocycles. The molecule has 184 valence electrons. The number of benzene rings is 2. The van der Waals surface area contributed by atoms with E-state index in [-0.39, 0.29) is 17.8 Å². The predicted molar refractivity (Wildman–Crippen MR) is 139 cm³/mol. The molecule has 1 aliphatic rings. The van der Waals surface area contributed by atoms with Crippen molar-refractivity contribution < 1.29 is 14.2 Å². The Labute approximate surface area is 212 Å². The van der Waals surface area contributed by atoms with Gasteiger partial charge in [0, 0.05) is 23.8 Å². The molecule has 4 rings (SSSR count). The molecule has 0 saturated carbocycles. The number of aliphatic hydroxyl groups is 1. The topological polar surface area (TPSA) is 45.6 Å². The van der Waals surface area contributed by atoms with Crippen LogP contribution in [0.4, 0.5) is 4.39 Å². The molecule has 3 aromatic rings. The van der Waals surface area contributed by atoms with Crippen LogP contribution in [0, 0.1) is 30.0 Å². The molecule has 1 saturated heterocycles. The van der Waals surface area contributed by atoms with Crippen molar-refractivity contribution in [2.45, 2.75) is 39.0 Å². The van der Waals surface area contributed by atoms with E-state index in [1.807, 2.05) is 24.3 Å². The third-order valence-electron chi connectivity index (χ3n) is 7.23. The van der Waals surface area contributed by atoms with Crippen molar-refractivity contribution in [1.29, 1.82) is 0 Å². The predicted octanol–water partition coefficient (Wildman–Crippen LogP) is 5.79. The minimum Gasteiger partial charge on any atom is -0.497 e. The van der Waals surface area contributed by atoms with Crippen LogP contribution in [0.2, 0.25) is 5.02 Å². The molecule has 1 aliphatic heterocycles. The van der Waals surface area contributed by atoms with Crippen LogP contribution >= 0.6 is 11.6 Å². The number of hydrogen-bond donors (Lipinski definition) is 1. The van der Waals surface area contributed by atoms with Crippen LogP contribution < -0.4 is 4.74 Å². The number of nitrogens with zero attached hydrogens (tertiary/aromatic N) is 2. The average Bonchev–Trinajstić information content (AvgIpc) is 2.88. The maximum absolute atomic E-state index is 13.7. The van der Waals surface area contributed by atoms with Gasteiger partial charge in [0.15, 0.2) is 0 Å². The molecule has 1 N–H and O–H groups in total. The lowest BCUT2D eigenvalue weighted by Crippen LogP contribution is -2.42. The molecule has 0 unspecified atom stereocenters. The molecule has 2 aromatic carbocycles. The molecule has 2 heterocycles. The molecule has 35 heavy (non-hydrogen) atoms. The van der Waals surface area contributed by atoms with Gasteiger partial charge in [0.25, 0.3) is 0 Å². The fourth-order valence-corrected chi connectivity index (χ4v) is 5.07. The Bertz CT molecular complexity index is 1240. The van der Waals surface area contributed by atoms with Gasteiger partial charge in [0.1, 0.15) is 11.6 Å². The summed E-state index contributed by atoms with van der Waals surface area (Å²) in [5, 5.41) is 12.0. The number of hydrogen-bond acceptors (Lipinski definition) is 4. The summed E-state index contributed by atoms with van der Waals surface area (Å²) in [7, 11) is 1.66. The summed E-state index contributed by atoms with van der Waals surface area (Å²) in [6.45, 7) is 4.38. The molecule has 0 amide bonds. The SMILES string of the molecule is COc1ccc2ncc(Cl)c(CCCC3(CO)CCN(CC#Cc4ccc(C)c(F)c4)CC3)c2c1. The van der Waals surface area contributed by atoms with Gasteiger partial charge in [-0.2, -0.15) is 0 Å². The van der Waals surface area contributed by atoms with E-state index >= 15 is 0 Å². The number of methoxy groups -OCH3 is 1. The van der Waals surface area contributed by atoms with Gasteiger partial charge in [0.2, 0.25) is 0 Å². The summed E-state index contributed by atoms with van der Waals surface area (Å²) in [5.74, 6) is 6.81. The number of aryl methyl sites for hydroxylation is 2. The number of pyridine rings is 1. The molecule has 0 spiro atoms. The maximum Gasteiger partial charge on any atom is 0.127 e. The number of ether oxygens (including phenoxy) is 1. The second-order valence-corrected chi connectivity index (χ2v) is 9.93. The Morgan fingerprint density at radius 3 is 2.71 bits per heavy atom. The van der Waals surface area contributed by atoms with Gasteiger partial charge in [-0.15, -0.1) is 0 Å². The van der Waals surface area contributed by atoms with Crippen LogP contribution in [0.15, 0.2) is 42.6 Å². The van der Waals surface area contributed by atoms with Crippen molar-refractivity contribution in [3.05, 3.63) is 70.1 Å². The summed E-state index contributed by atoms with van der Waals surface area (Å²) in [4.78, 5) is 6.75. The first kappa shape index (κ1) is 25.4. The van der Waals surface area contributed by atoms with Gasteiger partial charge in [-0.25, -0.2) is 4.39 Å². The summed E-state index contributed by atoms with van der Waals surface area (Å²) < 4.78 is 19.1. The lowest BCUT2D eigenvalue weighted by atomic mass is 9.75. The monoisotopic (exact) mass is 494 g/mol.